The number of aromatic nitrogens is 1. The van der Waals surface area contributed by atoms with Crippen LogP contribution >= 0.6 is 11.6 Å². The first-order valence-corrected chi connectivity index (χ1v) is 7.36. The van der Waals surface area contributed by atoms with E-state index < -0.39 is 0 Å². The monoisotopic (exact) mass is 307 g/mol. The molecule has 2 aromatic rings. The van der Waals surface area contributed by atoms with Gasteiger partial charge in [0.1, 0.15) is 5.52 Å². The van der Waals surface area contributed by atoms with Gasteiger partial charge in [0.15, 0.2) is 11.4 Å². The molecule has 0 amide bonds. The number of hydrogen-bond acceptors (Lipinski definition) is 4. The number of fused-ring (bicyclic) bond motifs is 1. The van der Waals surface area contributed by atoms with Crippen LogP contribution in [0.5, 0.6) is 0 Å². The van der Waals surface area contributed by atoms with Gasteiger partial charge in [-0.15, -0.1) is 0 Å². The minimum atomic E-state index is -0.250. The third-order valence-electron chi connectivity index (χ3n) is 2.49. The summed E-state index contributed by atoms with van der Waals surface area (Å²) in [6, 6.07) is 5.38. The second-order valence-electron chi connectivity index (χ2n) is 7.14. The van der Waals surface area contributed by atoms with E-state index in [1.165, 1.54) is 0 Å². The molecule has 0 saturated carbocycles. The number of benzene rings is 1. The zero-order valence-electron chi connectivity index (χ0n) is 13.4. The van der Waals surface area contributed by atoms with Gasteiger partial charge in [-0.2, -0.15) is 0 Å². The molecular formula is C16H22ClN3O. The smallest absolute Gasteiger partial charge is 0.258 e. The average Bonchev–Trinajstić information content (AvgIpc) is 2.26. The molecule has 0 atom stereocenters. The van der Waals surface area contributed by atoms with Crippen molar-refractivity contribution in [1.82, 2.24) is 4.98 Å². The van der Waals surface area contributed by atoms with Crippen molar-refractivity contribution in [2.75, 3.05) is 5.32 Å². The fourth-order valence-corrected chi connectivity index (χ4v) is 1.97. The summed E-state index contributed by atoms with van der Waals surface area (Å²) in [5, 5.41) is 3.97. The summed E-state index contributed by atoms with van der Waals surface area (Å²) in [6.07, 6.45) is 0. The van der Waals surface area contributed by atoms with Crippen LogP contribution in [0.4, 0.5) is 5.82 Å². The zero-order valence-corrected chi connectivity index (χ0v) is 14.2. The highest BCUT2D eigenvalue weighted by molar-refractivity contribution is 6.31. The van der Waals surface area contributed by atoms with Crippen LogP contribution in [0.2, 0.25) is 5.02 Å². The lowest BCUT2D eigenvalue weighted by molar-refractivity contribution is 0.473. The van der Waals surface area contributed by atoms with Crippen LogP contribution in [0.3, 0.4) is 0 Å². The lowest BCUT2D eigenvalue weighted by Crippen LogP contribution is -2.31. The first-order valence-electron chi connectivity index (χ1n) is 6.98. The molecule has 4 nitrogen and oxygen atoms in total. The van der Waals surface area contributed by atoms with Crippen LogP contribution in [0.15, 0.2) is 27.6 Å². The molecule has 2 rings (SSSR count). The lowest BCUT2D eigenvalue weighted by Gasteiger charge is -2.21. The summed E-state index contributed by atoms with van der Waals surface area (Å²) in [4.78, 5) is 9.25. The van der Waals surface area contributed by atoms with Gasteiger partial charge in [-0.3, -0.25) is 0 Å². The van der Waals surface area contributed by atoms with Gasteiger partial charge >= 0.3 is 0 Å². The Morgan fingerprint density at radius 1 is 1.14 bits per heavy atom. The van der Waals surface area contributed by atoms with E-state index in [2.05, 4.69) is 36.1 Å². The summed E-state index contributed by atoms with van der Waals surface area (Å²) in [5.41, 5.74) is 1.49. The molecule has 1 aromatic heterocycles. The van der Waals surface area contributed by atoms with Crippen molar-refractivity contribution < 1.29 is 4.42 Å². The van der Waals surface area contributed by atoms with E-state index in [1.807, 2.05) is 26.8 Å². The molecule has 0 saturated heterocycles. The minimum Gasteiger partial charge on any atom is -0.434 e. The summed E-state index contributed by atoms with van der Waals surface area (Å²) in [5.74, 6) is 0.632. The molecule has 114 valence electrons. The summed E-state index contributed by atoms with van der Waals surface area (Å²) >= 11 is 6.02. The third kappa shape index (κ3) is 4.46. The predicted octanol–water partition coefficient (Wildman–Crippen LogP) is 4.39. The van der Waals surface area contributed by atoms with Crippen molar-refractivity contribution in [1.29, 1.82) is 0 Å². The van der Waals surface area contributed by atoms with Crippen LogP contribution in [-0.2, 0) is 0 Å². The Labute approximate surface area is 130 Å². The van der Waals surface area contributed by atoms with Gasteiger partial charge in [0, 0.05) is 10.6 Å². The van der Waals surface area contributed by atoms with Crippen molar-refractivity contribution >= 4 is 28.5 Å². The van der Waals surface area contributed by atoms with Gasteiger partial charge < -0.3 is 9.73 Å². The number of halogens is 1. The van der Waals surface area contributed by atoms with E-state index in [-0.39, 0.29) is 11.1 Å². The molecule has 1 N–H and O–H groups in total. The van der Waals surface area contributed by atoms with Gasteiger partial charge in [0.05, 0.1) is 5.54 Å². The van der Waals surface area contributed by atoms with E-state index in [0.29, 0.717) is 27.5 Å². The summed E-state index contributed by atoms with van der Waals surface area (Å²) in [6.45, 7) is 12.3. The first-order chi connectivity index (χ1) is 9.53. The summed E-state index contributed by atoms with van der Waals surface area (Å²) < 4.78 is 5.92. The molecule has 1 heterocycles. The summed E-state index contributed by atoms with van der Waals surface area (Å²) in [7, 11) is 0. The normalized spacial score (nSPS) is 13.8. The second kappa shape index (κ2) is 5.34. The topological polar surface area (TPSA) is 50.4 Å². The van der Waals surface area contributed by atoms with Crippen LogP contribution in [0, 0.1) is 0 Å². The zero-order chi connectivity index (χ0) is 15.8. The maximum atomic E-state index is 6.02. The van der Waals surface area contributed by atoms with E-state index >= 15 is 0 Å². The second-order valence-corrected chi connectivity index (χ2v) is 7.57. The molecular weight excluding hydrogens is 286 g/mol. The standard InChI is InChI=1S/C16H22ClN3O/c1-15(2,3)19-13-14(20-16(4,5)6)21-12-8-7-10(17)9-11(12)18-13/h7-9H,1-6H3,(H,18,19). The average molecular weight is 308 g/mol. The van der Waals surface area contributed by atoms with E-state index in [9.17, 15) is 0 Å². The molecule has 0 spiro atoms. The van der Waals surface area contributed by atoms with Gasteiger partial charge in [-0.25, -0.2) is 9.98 Å². The maximum Gasteiger partial charge on any atom is 0.258 e. The molecule has 0 aliphatic heterocycles. The Morgan fingerprint density at radius 2 is 1.81 bits per heavy atom. The van der Waals surface area contributed by atoms with Crippen molar-refractivity contribution in [3.63, 3.8) is 0 Å². The van der Waals surface area contributed by atoms with Crippen LogP contribution < -0.4 is 10.9 Å². The van der Waals surface area contributed by atoms with Gasteiger partial charge in [0.25, 0.3) is 5.55 Å². The van der Waals surface area contributed by atoms with Gasteiger partial charge in [-0.1, -0.05) is 11.6 Å². The number of anilines is 1. The number of nitrogens with zero attached hydrogens (tertiary/aromatic N) is 2. The van der Waals surface area contributed by atoms with Crippen LogP contribution in [-0.4, -0.2) is 16.1 Å². The maximum absolute atomic E-state index is 6.02. The van der Waals surface area contributed by atoms with Crippen LogP contribution in [0.1, 0.15) is 41.5 Å². The van der Waals surface area contributed by atoms with E-state index in [1.54, 1.807) is 12.1 Å². The molecule has 0 bridgehead atoms. The Kier molecular flexibility index (Phi) is 4.02. The minimum absolute atomic E-state index is 0.142. The quantitative estimate of drug-likeness (QED) is 0.850. The highest BCUT2D eigenvalue weighted by Crippen LogP contribution is 2.19. The molecule has 21 heavy (non-hydrogen) atoms. The number of hydrogen-bond donors (Lipinski definition) is 1. The van der Waals surface area contributed by atoms with E-state index in [4.69, 9.17) is 16.0 Å². The highest BCUT2D eigenvalue weighted by atomic mass is 35.5. The molecule has 5 heteroatoms. The Balaban J connectivity index is 2.71. The molecule has 0 radical (unpaired) electrons. The lowest BCUT2D eigenvalue weighted by atomic mass is 10.1. The van der Waals surface area contributed by atoms with Crippen molar-refractivity contribution in [2.24, 2.45) is 4.99 Å². The van der Waals surface area contributed by atoms with Crippen LogP contribution in [0.25, 0.3) is 11.1 Å². The largest absolute Gasteiger partial charge is 0.434 e. The van der Waals surface area contributed by atoms with Crippen molar-refractivity contribution in [3.05, 3.63) is 28.8 Å². The fourth-order valence-electron chi connectivity index (χ4n) is 1.80. The fraction of sp³-hybridized carbons (Fsp3) is 0.500. The first kappa shape index (κ1) is 15.8. The Hall–Kier alpha value is -1.55. The highest BCUT2D eigenvalue weighted by Gasteiger charge is 2.16. The molecule has 0 aliphatic rings. The van der Waals surface area contributed by atoms with E-state index in [0.717, 1.165) is 0 Å². The Bertz CT molecular complexity index is 721. The number of nitrogens with one attached hydrogen (secondary N) is 1. The molecule has 1 aromatic carbocycles. The SMILES string of the molecule is CC(C)(C)N=c1oc2ccc(Cl)cc2nc1NC(C)(C)C. The van der Waals surface area contributed by atoms with Crippen molar-refractivity contribution in [2.45, 2.75) is 52.6 Å². The number of rotatable bonds is 1. The van der Waals surface area contributed by atoms with Gasteiger partial charge in [0.2, 0.25) is 0 Å². The molecule has 0 aliphatic carbocycles. The third-order valence-corrected chi connectivity index (χ3v) is 2.73. The van der Waals surface area contributed by atoms with Crippen molar-refractivity contribution in [3.8, 4) is 0 Å². The van der Waals surface area contributed by atoms with Gasteiger partial charge in [-0.05, 0) is 59.7 Å². The molecule has 0 unspecified atom stereocenters. The Morgan fingerprint density at radius 3 is 2.38 bits per heavy atom. The predicted molar refractivity (Wildman–Crippen MR) is 87.7 cm³/mol. The molecule has 0 fully saturated rings.